The molecule has 2 atom stereocenters. The predicted molar refractivity (Wildman–Crippen MR) is 125 cm³/mol. The van der Waals surface area contributed by atoms with Gasteiger partial charge in [0.1, 0.15) is 18.8 Å². The van der Waals surface area contributed by atoms with Gasteiger partial charge < -0.3 is 15.2 Å². The lowest BCUT2D eigenvalue weighted by molar-refractivity contribution is 0.102. The molecule has 0 spiro atoms. The van der Waals surface area contributed by atoms with Gasteiger partial charge in [-0.2, -0.15) is 0 Å². The number of rotatable bonds is 8. The van der Waals surface area contributed by atoms with E-state index in [1.807, 2.05) is 22.8 Å². The van der Waals surface area contributed by atoms with E-state index in [1.165, 1.54) is 16.5 Å². The number of benzene rings is 2. The molecular weight excluding hydrogens is 403 g/mol. The summed E-state index contributed by atoms with van der Waals surface area (Å²) in [5, 5.41) is 12.4. The van der Waals surface area contributed by atoms with Gasteiger partial charge in [0, 0.05) is 41.9 Å². The summed E-state index contributed by atoms with van der Waals surface area (Å²) in [7, 11) is 0. The highest BCUT2D eigenvalue weighted by molar-refractivity contribution is 5.85. The Bertz CT molecular complexity index is 1120. The minimum Gasteiger partial charge on any atom is -0.361 e. The average Bonchev–Trinajstić information content (AvgIpc) is 3.49. The third-order valence-corrected chi connectivity index (χ3v) is 6.43. The molecule has 7 heteroatoms. The highest BCUT2D eigenvalue weighted by atomic mass is 19.1. The fourth-order valence-electron chi connectivity index (χ4n) is 4.61. The maximum Gasteiger partial charge on any atom is 0.128 e. The minimum atomic E-state index is -0.827. The molecule has 166 valence electrons. The van der Waals surface area contributed by atoms with Gasteiger partial charge in [0.2, 0.25) is 0 Å². The molecule has 0 amide bonds. The molecule has 1 fully saturated rings. The lowest BCUT2D eigenvalue weighted by Gasteiger charge is -2.35. The Morgan fingerprint density at radius 2 is 1.94 bits per heavy atom. The van der Waals surface area contributed by atoms with Crippen LogP contribution in [0.4, 0.5) is 4.39 Å². The van der Waals surface area contributed by atoms with Crippen molar-refractivity contribution in [3.8, 4) is 5.69 Å². The van der Waals surface area contributed by atoms with Crippen LogP contribution in [0.1, 0.15) is 24.0 Å². The van der Waals surface area contributed by atoms with Gasteiger partial charge in [-0.25, -0.2) is 4.39 Å². The Labute approximate surface area is 187 Å². The number of alkyl halides is 1. The fraction of sp³-hybridized carbons (Fsp3) is 0.360. The van der Waals surface area contributed by atoms with Crippen molar-refractivity contribution in [3.05, 3.63) is 78.5 Å². The largest absolute Gasteiger partial charge is 0.361 e. The number of H-pyrrole nitrogens is 1. The molecule has 1 aliphatic heterocycles. The number of hydrogen-bond acceptors (Lipinski definition) is 4. The zero-order chi connectivity index (χ0) is 21.8. The Morgan fingerprint density at radius 1 is 1.09 bits per heavy atom. The first-order chi connectivity index (χ1) is 15.8. The lowest BCUT2D eigenvalue weighted by atomic mass is 10.0. The molecule has 6 nitrogen and oxygen atoms in total. The number of aromatic nitrogens is 4. The number of nitrogens with one attached hydrogen (secondary N) is 2. The molecule has 4 aromatic rings. The van der Waals surface area contributed by atoms with E-state index >= 15 is 0 Å². The van der Waals surface area contributed by atoms with E-state index in [0.29, 0.717) is 6.54 Å². The quantitative estimate of drug-likeness (QED) is 0.444. The van der Waals surface area contributed by atoms with Crippen LogP contribution in [0.5, 0.6) is 0 Å². The molecule has 1 saturated heterocycles. The third kappa shape index (κ3) is 4.74. The van der Waals surface area contributed by atoms with Crippen LogP contribution in [0.3, 0.4) is 0 Å². The molecule has 0 aliphatic carbocycles. The highest BCUT2D eigenvalue weighted by Crippen LogP contribution is 2.23. The van der Waals surface area contributed by atoms with Gasteiger partial charge in [0.05, 0.1) is 0 Å². The van der Waals surface area contributed by atoms with E-state index in [-0.39, 0.29) is 6.04 Å². The number of hydrogen-bond donors (Lipinski definition) is 2. The van der Waals surface area contributed by atoms with Crippen LogP contribution in [0.25, 0.3) is 16.6 Å². The van der Waals surface area contributed by atoms with Crippen LogP contribution in [-0.2, 0) is 13.0 Å². The van der Waals surface area contributed by atoms with E-state index in [2.05, 4.69) is 61.9 Å². The molecule has 2 N–H and O–H groups in total. The molecule has 0 bridgehead atoms. The Balaban J connectivity index is 1.12. The van der Waals surface area contributed by atoms with Crippen molar-refractivity contribution < 1.29 is 4.39 Å². The van der Waals surface area contributed by atoms with Crippen LogP contribution < -0.4 is 5.32 Å². The van der Waals surface area contributed by atoms with Crippen molar-refractivity contribution in [1.82, 2.24) is 30.0 Å². The first-order valence-electron chi connectivity index (χ1n) is 11.3. The number of piperidine rings is 1. The van der Waals surface area contributed by atoms with Crippen molar-refractivity contribution >= 4 is 10.9 Å². The summed E-state index contributed by atoms with van der Waals surface area (Å²) in [5.41, 5.74) is 4.68. The van der Waals surface area contributed by atoms with E-state index in [4.69, 9.17) is 0 Å². The molecule has 0 unspecified atom stereocenters. The molecular formula is C25H29FN6. The van der Waals surface area contributed by atoms with Crippen molar-refractivity contribution in [1.29, 1.82) is 0 Å². The van der Waals surface area contributed by atoms with E-state index in [1.54, 1.807) is 12.7 Å². The van der Waals surface area contributed by atoms with E-state index in [9.17, 15) is 4.39 Å². The summed E-state index contributed by atoms with van der Waals surface area (Å²) >= 11 is 0. The van der Waals surface area contributed by atoms with Gasteiger partial charge in [0.25, 0.3) is 0 Å². The SMILES string of the molecule is F[C@H]1CN(CCCc2c[nH]c3ccc(-n4cnnc4)cc23)CC[C@H]1NCc1ccccc1. The van der Waals surface area contributed by atoms with Crippen LogP contribution in [0.15, 0.2) is 67.4 Å². The molecule has 1 aliphatic rings. The summed E-state index contributed by atoms with van der Waals surface area (Å²) in [4.78, 5) is 5.63. The number of nitrogens with zero attached hydrogens (tertiary/aromatic N) is 4. The maximum absolute atomic E-state index is 14.8. The first kappa shape index (κ1) is 20.8. The van der Waals surface area contributed by atoms with Gasteiger partial charge in [-0.3, -0.25) is 4.57 Å². The van der Waals surface area contributed by atoms with Crippen LogP contribution in [0.2, 0.25) is 0 Å². The first-order valence-corrected chi connectivity index (χ1v) is 11.3. The van der Waals surface area contributed by atoms with E-state index < -0.39 is 6.17 Å². The number of likely N-dealkylation sites (tertiary alicyclic amines) is 1. The zero-order valence-electron chi connectivity index (χ0n) is 18.1. The topological polar surface area (TPSA) is 61.8 Å². The third-order valence-electron chi connectivity index (χ3n) is 6.43. The van der Waals surface area contributed by atoms with Gasteiger partial charge in [0.15, 0.2) is 0 Å². The smallest absolute Gasteiger partial charge is 0.128 e. The van der Waals surface area contributed by atoms with Crippen LogP contribution in [0, 0.1) is 0 Å². The van der Waals surface area contributed by atoms with Gasteiger partial charge >= 0.3 is 0 Å². The molecule has 0 saturated carbocycles. The Kier molecular flexibility index (Phi) is 6.27. The molecule has 0 radical (unpaired) electrons. The zero-order valence-corrected chi connectivity index (χ0v) is 18.1. The van der Waals surface area contributed by atoms with Gasteiger partial charge in [-0.15, -0.1) is 10.2 Å². The summed E-state index contributed by atoms with van der Waals surface area (Å²) in [6, 6.07) is 16.5. The second-order valence-electron chi connectivity index (χ2n) is 8.59. The molecule has 2 aromatic carbocycles. The number of aromatic amines is 1. The second kappa shape index (κ2) is 9.63. The Hall–Kier alpha value is -3.03. The van der Waals surface area contributed by atoms with Crippen molar-refractivity contribution in [2.45, 2.75) is 38.0 Å². The molecule has 32 heavy (non-hydrogen) atoms. The monoisotopic (exact) mass is 432 g/mol. The standard InChI is InChI=1S/C25H29FN6/c26-23-16-31(12-10-25(23)27-14-19-5-2-1-3-6-19)11-4-7-20-15-28-24-9-8-21(13-22(20)24)32-17-29-30-18-32/h1-3,5-6,8-9,13,15,17-18,23,25,27-28H,4,7,10-12,14,16H2/t23-,25+/m0/s1. The highest BCUT2D eigenvalue weighted by Gasteiger charge is 2.28. The van der Waals surface area contributed by atoms with Gasteiger partial charge in [-0.1, -0.05) is 30.3 Å². The van der Waals surface area contributed by atoms with Crippen LogP contribution >= 0.6 is 0 Å². The summed E-state index contributed by atoms with van der Waals surface area (Å²) in [6.07, 6.45) is 7.51. The van der Waals surface area contributed by atoms with Crippen molar-refractivity contribution in [2.75, 3.05) is 19.6 Å². The van der Waals surface area contributed by atoms with E-state index in [0.717, 1.165) is 50.1 Å². The normalized spacial score (nSPS) is 19.5. The molecule has 3 heterocycles. The summed E-state index contributed by atoms with van der Waals surface area (Å²) in [6.45, 7) is 3.10. The van der Waals surface area contributed by atoms with Crippen molar-refractivity contribution in [2.24, 2.45) is 0 Å². The van der Waals surface area contributed by atoms with Crippen LogP contribution in [-0.4, -0.2) is 56.5 Å². The Morgan fingerprint density at radius 3 is 2.75 bits per heavy atom. The molecule has 5 rings (SSSR count). The van der Waals surface area contributed by atoms with Crippen molar-refractivity contribution in [3.63, 3.8) is 0 Å². The molecule has 2 aromatic heterocycles. The number of aryl methyl sites for hydroxylation is 1. The second-order valence-corrected chi connectivity index (χ2v) is 8.59. The number of fused-ring (bicyclic) bond motifs is 1. The summed E-state index contributed by atoms with van der Waals surface area (Å²) in [5.74, 6) is 0. The number of halogens is 1. The maximum atomic E-state index is 14.8. The fourth-order valence-corrected chi connectivity index (χ4v) is 4.61. The summed E-state index contributed by atoms with van der Waals surface area (Å²) < 4.78 is 16.7. The predicted octanol–water partition coefficient (Wildman–Crippen LogP) is 3.88. The average molecular weight is 433 g/mol. The minimum absolute atomic E-state index is 0.0591. The lowest BCUT2D eigenvalue weighted by Crippen LogP contribution is -2.50. The van der Waals surface area contributed by atoms with Gasteiger partial charge in [-0.05, 0) is 61.7 Å².